The Morgan fingerprint density at radius 3 is 2.11 bits per heavy atom. The minimum Gasteiger partial charge on any atom is -0.371 e. The first kappa shape index (κ1) is 12.3. The summed E-state index contributed by atoms with van der Waals surface area (Å²) >= 11 is 0. The highest BCUT2D eigenvalue weighted by Gasteiger charge is 2.20. The molecule has 0 spiro atoms. The van der Waals surface area contributed by atoms with Crippen LogP contribution in [-0.4, -0.2) is 13.1 Å². The molecule has 0 amide bonds. The van der Waals surface area contributed by atoms with E-state index in [0.717, 1.165) is 5.92 Å². The predicted octanol–water partition coefficient (Wildman–Crippen LogP) is 4.38. The van der Waals surface area contributed by atoms with Gasteiger partial charge >= 0.3 is 0 Å². The molecule has 0 aromatic heterocycles. The van der Waals surface area contributed by atoms with E-state index < -0.39 is 0 Å². The fourth-order valence-corrected chi connectivity index (χ4v) is 2.95. The topological polar surface area (TPSA) is 3.24 Å². The molecule has 1 fully saturated rings. The number of aryl methyl sites for hydroxylation is 1. The van der Waals surface area contributed by atoms with E-state index in [0.29, 0.717) is 0 Å². The number of para-hydroxylation sites is 1. The van der Waals surface area contributed by atoms with Crippen LogP contribution < -0.4 is 4.90 Å². The van der Waals surface area contributed by atoms with Crippen LogP contribution in [0.1, 0.15) is 29.9 Å². The van der Waals surface area contributed by atoms with Crippen LogP contribution >= 0.6 is 0 Å². The van der Waals surface area contributed by atoms with Crippen molar-refractivity contribution in [3.63, 3.8) is 0 Å². The van der Waals surface area contributed by atoms with Gasteiger partial charge in [0, 0.05) is 18.8 Å². The Morgan fingerprint density at radius 1 is 0.842 bits per heavy atom. The Kier molecular flexibility index (Phi) is 3.54. The van der Waals surface area contributed by atoms with Gasteiger partial charge in [0.1, 0.15) is 0 Å². The molecule has 19 heavy (non-hydrogen) atoms. The zero-order valence-electron chi connectivity index (χ0n) is 11.5. The van der Waals surface area contributed by atoms with Crippen molar-refractivity contribution in [2.75, 3.05) is 18.0 Å². The van der Waals surface area contributed by atoms with Gasteiger partial charge in [-0.1, -0.05) is 48.0 Å². The standard InChI is InChI=1S/C18H21N/c1-15-7-9-16(10-8-15)17-11-13-19(14-12-17)18-5-3-2-4-6-18/h2-10,17H,11-14H2,1H3. The molecule has 1 saturated heterocycles. The summed E-state index contributed by atoms with van der Waals surface area (Å²) in [6, 6.07) is 19.8. The lowest BCUT2D eigenvalue weighted by Crippen LogP contribution is -2.32. The summed E-state index contributed by atoms with van der Waals surface area (Å²) in [5.41, 5.74) is 4.23. The molecule has 98 valence electrons. The Hall–Kier alpha value is -1.76. The lowest BCUT2D eigenvalue weighted by Gasteiger charge is -2.33. The number of anilines is 1. The molecule has 0 bridgehead atoms. The molecule has 1 nitrogen and oxygen atoms in total. The van der Waals surface area contributed by atoms with Crippen LogP contribution in [0.3, 0.4) is 0 Å². The molecule has 0 saturated carbocycles. The average Bonchev–Trinajstić information content (AvgIpc) is 2.49. The molecule has 0 aliphatic carbocycles. The first-order valence-corrected chi connectivity index (χ1v) is 7.19. The van der Waals surface area contributed by atoms with Crippen molar-refractivity contribution >= 4 is 5.69 Å². The van der Waals surface area contributed by atoms with Gasteiger partial charge in [-0.2, -0.15) is 0 Å². The van der Waals surface area contributed by atoms with E-state index in [2.05, 4.69) is 66.4 Å². The summed E-state index contributed by atoms with van der Waals surface area (Å²) in [5, 5.41) is 0. The van der Waals surface area contributed by atoms with E-state index in [1.165, 1.54) is 42.7 Å². The molecule has 2 aromatic carbocycles. The normalized spacial score (nSPS) is 16.6. The zero-order chi connectivity index (χ0) is 13.1. The van der Waals surface area contributed by atoms with E-state index in [1.54, 1.807) is 0 Å². The van der Waals surface area contributed by atoms with Crippen LogP contribution in [0, 0.1) is 6.92 Å². The largest absolute Gasteiger partial charge is 0.371 e. The van der Waals surface area contributed by atoms with E-state index in [9.17, 15) is 0 Å². The van der Waals surface area contributed by atoms with Gasteiger partial charge in [0.25, 0.3) is 0 Å². The van der Waals surface area contributed by atoms with E-state index in [-0.39, 0.29) is 0 Å². The molecule has 3 rings (SSSR count). The minimum absolute atomic E-state index is 0.737. The molecule has 0 atom stereocenters. The summed E-state index contributed by atoms with van der Waals surface area (Å²) < 4.78 is 0. The van der Waals surface area contributed by atoms with E-state index in [1.807, 2.05) is 0 Å². The molecule has 1 heteroatoms. The highest BCUT2D eigenvalue weighted by Crippen LogP contribution is 2.30. The van der Waals surface area contributed by atoms with Crippen molar-refractivity contribution in [1.82, 2.24) is 0 Å². The van der Waals surface area contributed by atoms with Crippen LogP contribution in [0.25, 0.3) is 0 Å². The number of benzene rings is 2. The Labute approximate surface area is 115 Å². The maximum atomic E-state index is 2.50. The lowest BCUT2D eigenvalue weighted by molar-refractivity contribution is 0.505. The third-order valence-electron chi connectivity index (χ3n) is 4.17. The number of nitrogens with zero attached hydrogens (tertiary/aromatic N) is 1. The second kappa shape index (κ2) is 5.48. The van der Waals surface area contributed by atoms with Crippen LogP contribution in [0.4, 0.5) is 5.69 Å². The monoisotopic (exact) mass is 251 g/mol. The molecule has 2 aromatic rings. The average molecular weight is 251 g/mol. The van der Waals surface area contributed by atoms with E-state index in [4.69, 9.17) is 0 Å². The molecule has 0 radical (unpaired) electrons. The number of hydrogen-bond donors (Lipinski definition) is 0. The summed E-state index contributed by atoms with van der Waals surface area (Å²) in [6.07, 6.45) is 2.52. The SMILES string of the molecule is Cc1ccc(C2CCN(c3ccccc3)CC2)cc1. The van der Waals surface area contributed by atoms with Crippen molar-refractivity contribution < 1.29 is 0 Å². The van der Waals surface area contributed by atoms with Gasteiger partial charge in [0.2, 0.25) is 0 Å². The molecular weight excluding hydrogens is 230 g/mol. The van der Waals surface area contributed by atoms with Crippen molar-refractivity contribution in [2.45, 2.75) is 25.7 Å². The zero-order valence-corrected chi connectivity index (χ0v) is 11.5. The quantitative estimate of drug-likeness (QED) is 0.765. The minimum atomic E-state index is 0.737. The van der Waals surface area contributed by atoms with Gasteiger partial charge in [-0.3, -0.25) is 0 Å². The predicted molar refractivity (Wildman–Crippen MR) is 81.8 cm³/mol. The van der Waals surface area contributed by atoms with Gasteiger partial charge in [-0.05, 0) is 43.4 Å². The molecule has 0 N–H and O–H groups in total. The third kappa shape index (κ3) is 2.81. The van der Waals surface area contributed by atoms with Crippen molar-refractivity contribution in [1.29, 1.82) is 0 Å². The fourth-order valence-electron chi connectivity index (χ4n) is 2.95. The molecule has 1 aliphatic heterocycles. The molecule has 0 unspecified atom stereocenters. The van der Waals surface area contributed by atoms with Crippen LogP contribution in [0.15, 0.2) is 54.6 Å². The summed E-state index contributed by atoms with van der Waals surface area (Å²) in [7, 11) is 0. The molecular formula is C18H21N. The van der Waals surface area contributed by atoms with E-state index >= 15 is 0 Å². The van der Waals surface area contributed by atoms with Gasteiger partial charge in [-0.15, -0.1) is 0 Å². The van der Waals surface area contributed by atoms with Crippen molar-refractivity contribution in [2.24, 2.45) is 0 Å². The number of piperidine rings is 1. The van der Waals surface area contributed by atoms with Gasteiger partial charge in [-0.25, -0.2) is 0 Å². The summed E-state index contributed by atoms with van der Waals surface area (Å²) in [5.74, 6) is 0.737. The van der Waals surface area contributed by atoms with Crippen molar-refractivity contribution in [3.05, 3.63) is 65.7 Å². The summed E-state index contributed by atoms with van der Waals surface area (Å²) in [4.78, 5) is 2.50. The Balaban J connectivity index is 1.65. The fraction of sp³-hybridized carbons (Fsp3) is 0.333. The first-order valence-electron chi connectivity index (χ1n) is 7.19. The highest BCUT2D eigenvalue weighted by molar-refractivity contribution is 5.46. The maximum Gasteiger partial charge on any atom is 0.0366 e. The highest BCUT2D eigenvalue weighted by atomic mass is 15.1. The maximum absolute atomic E-state index is 2.50. The van der Waals surface area contributed by atoms with Crippen molar-refractivity contribution in [3.8, 4) is 0 Å². The number of hydrogen-bond acceptors (Lipinski definition) is 1. The second-order valence-electron chi connectivity index (χ2n) is 5.51. The molecule has 1 heterocycles. The van der Waals surface area contributed by atoms with Gasteiger partial charge in [0.05, 0.1) is 0 Å². The number of rotatable bonds is 2. The third-order valence-corrected chi connectivity index (χ3v) is 4.17. The summed E-state index contributed by atoms with van der Waals surface area (Å²) in [6.45, 7) is 4.49. The second-order valence-corrected chi connectivity index (χ2v) is 5.51. The van der Waals surface area contributed by atoms with Gasteiger partial charge < -0.3 is 4.90 Å². The van der Waals surface area contributed by atoms with Crippen LogP contribution in [0.2, 0.25) is 0 Å². The molecule has 1 aliphatic rings. The Bertz CT molecular complexity index is 507. The van der Waals surface area contributed by atoms with Gasteiger partial charge in [0.15, 0.2) is 0 Å². The first-order chi connectivity index (χ1) is 9.33. The smallest absolute Gasteiger partial charge is 0.0366 e. The van der Waals surface area contributed by atoms with Crippen LogP contribution in [0.5, 0.6) is 0 Å². The van der Waals surface area contributed by atoms with Crippen LogP contribution in [-0.2, 0) is 0 Å². The lowest BCUT2D eigenvalue weighted by atomic mass is 9.89. The Morgan fingerprint density at radius 2 is 1.47 bits per heavy atom.